The molecule has 1 aromatic heterocycles. The van der Waals surface area contributed by atoms with Crippen LogP contribution in [0.5, 0.6) is 0 Å². The summed E-state index contributed by atoms with van der Waals surface area (Å²) in [5.41, 5.74) is -0.164. The number of nitrogens with two attached hydrogens (primary N) is 2. The van der Waals surface area contributed by atoms with Crippen LogP contribution in [-0.2, 0) is 0 Å². The van der Waals surface area contributed by atoms with Gasteiger partial charge >= 0.3 is 0 Å². The SMILES string of the molecule is NN.O=c1cncc[nH]1. The number of hydrogen-bond donors (Lipinski definition) is 3. The van der Waals surface area contributed by atoms with Gasteiger partial charge in [0.1, 0.15) is 0 Å². The number of aromatic nitrogens is 2. The van der Waals surface area contributed by atoms with Gasteiger partial charge < -0.3 is 4.98 Å². The van der Waals surface area contributed by atoms with Crippen LogP contribution in [0.25, 0.3) is 0 Å². The first-order chi connectivity index (χ1) is 4.39. The summed E-state index contributed by atoms with van der Waals surface area (Å²) in [5, 5.41) is 0. The van der Waals surface area contributed by atoms with E-state index in [1.807, 2.05) is 0 Å². The first kappa shape index (κ1) is 7.80. The highest BCUT2D eigenvalue weighted by Gasteiger charge is 1.70. The summed E-state index contributed by atoms with van der Waals surface area (Å²) in [6, 6.07) is 0. The van der Waals surface area contributed by atoms with E-state index in [-0.39, 0.29) is 5.56 Å². The quantitative estimate of drug-likeness (QED) is 0.295. The number of hydrogen-bond acceptors (Lipinski definition) is 4. The van der Waals surface area contributed by atoms with Crippen molar-refractivity contribution in [3.8, 4) is 0 Å². The van der Waals surface area contributed by atoms with Crippen LogP contribution in [0.4, 0.5) is 0 Å². The molecule has 1 heterocycles. The maximum atomic E-state index is 10.2. The molecule has 50 valence electrons. The monoisotopic (exact) mass is 128 g/mol. The van der Waals surface area contributed by atoms with Gasteiger partial charge in [-0.25, -0.2) is 0 Å². The summed E-state index contributed by atoms with van der Waals surface area (Å²) in [5.74, 6) is 8.00. The minimum Gasteiger partial charge on any atom is -0.326 e. The van der Waals surface area contributed by atoms with Crippen LogP contribution in [-0.4, -0.2) is 9.97 Å². The Kier molecular flexibility index (Phi) is 4.29. The maximum Gasteiger partial charge on any atom is 0.266 e. The Labute approximate surface area is 51.7 Å². The molecule has 0 saturated carbocycles. The van der Waals surface area contributed by atoms with Crippen molar-refractivity contribution >= 4 is 0 Å². The van der Waals surface area contributed by atoms with Crippen LogP contribution in [0.15, 0.2) is 23.4 Å². The predicted molar refractivity (Wildman–Crippen MR) is 33.2 cm³/mol. The van der Waals surface area contributed by atoms with E-state index >= 15 is 0 Å². The van der Waals surface area contributed by atoms with Crippen molar-refractivity contribution in [3.63, 3.8) is 0 Å². The lowest BCUT2D eigenvalue weighted by Crippen LogP contribution is -2.02. The third kappa shape index (κ3) is 3.39. The lowest BCUT2D eigenvalue weighted by molar-refractivity contribution is 1.14. The second kappa shape index (κ2) is 4.95. The first-order valence-corrected chi connectivity index (χ1v) is 2.21. The van der Waals surface area contributed by atoms with Gasteiger partial charge in [0.25, 0.3) is 5.56 Å². The molecular formula is C4H8N4O. The molecule has 0 atom stereocenters. The summed E-state index contributed by atoms with van der Waals surface area (Å²) in [6.45, 7) is 0. The number of aromatic amines is 1. The highest BCUT2D eigenvalue weighted by Crippen LogP contribution is 1.57. The molecular weight excluding hydrogens is 120 g/mol. The number of hydrazine groups is 1. The molecule has 0 saturated heterocycles. The number of nitrogens with zero attached hydrogens (tertiary/aromatic N) is 1. The molecule has 0 radical (unpaired) electrons. The lowest BCUT2D eigenvalue weighted by Gasteiger charge is -1.73. The van der Waals surface area contributed by atoms with Gasteiger partial charge in [-0.15, -0.1) is 0 Å². The lowest BCUT2D eigenvalue weighted by atomic mass is 10.8. The minimum absolute atomic E-state index is 0.164. The average molecular weight is 128 g/mol. The van der Waals surface area contributed by atoms with E-state index in [0.717, 1.165) is 0 Å². The van der Waals surface area contributed by atoms with Gasteiger partial charge in [-0.2, -0.15) is 0 Å². The molecule has 1 aromatic rings. The number of H-pyrrole nitrogens is 1. The summed E-state index contributed by atoms with van der Waals surface area (Å²) in [6.07, 6.45) is 4.23. The third-order valence-electron chi connectivity index (χ3n) is 0.578. The Balaban J connectivity index is 0.000000291. The Morgan fingerprint density at radius 2 is 2.22 bits per heavy atom. The van der Waals surface area contributed by atoms with Crippen molar-refractivity contribution in [2.24, 2.45) is 11.7 Å². The van der Waals surface area contributed by atoms with Crippen molar-refractivity contribution < 1.29 is 0 Å². The summed E-state index contributed by atoms with van der Waals surface area (Å²) >= 11 is 0. The Morgan fingerprint density at radius 3 is 2.44 bits per heavy atom. The molecule has 0 aliphatic carbocycles. The molecule has 1 rings (SSSR count). The van der Waals surface area contributed by atoms with Crippen LogP contribution in [0.1, 0.15) is 0 Å². The predicted octanol–water partition coefficient (Wildman–Crippen LogP) is -1.41. The van der Waals surface area contributed by atoms with E-state index in [2.05, 4.69) is 21.7 Å². The normalized spacial score (nSPS) is 7.33. The summed E-state index contributed by atoms with van der Waals surface area (Å²) < 4.78 is 0. The highest BCUT2D eigenvalue weighted by molar-refractivity contribution is 4.73. The zero-order valence-electron chi connectivity index (χ0n) is 4.74. The van der Waals surface area contributed by atoms with Gasteiger partial charge in [0.15, 0.2) is 0 Å². The third-order valence-corrected chi connectivity index (χ3v) is 0.578. The molecule has 5 N–H and O–H groups in total. The molecule has 0 aliphatic rings. The van der Waals surface area contributed by atoms with E-state index in [0.29, 0.717) is 0 Å². The smallest absolute Gasteiger partial charge is 0.266 e. The van der Waals surface area contributed by atoms with Crippen molar-refractivity contribution in [2.45, 2.75) is 0 Å². The second-order valence-corrected chi connectivity index (χ2v) is 1.10. The van der Waals surface area contributed by atoms with Gasteiger partial charge in [0.05, 0.1) is 6.20 Å². The molecule has 5 nitrogen and oxygen atoms in total. The van der Waals surface area contributed by atoms with Crippen molar-refractivity contribution in [1.29, 1.82) is 0 Å². The standard InChI is InChI=1S/C4H4N2O.H4N2/c7-4-3-5-1-2-6-4;1-2/h1-3H,(H,6,7);1-2H2. The fourth-order valence-corrected chi connectivity index (χ4v) is 0.310. The van der Waals surface area contributed by atoms with Gasteiger partial charge in [0, 0.05) is 12.4 Å². The van der Waals surface area contributed by atoms with Crippen LogP contribution >= 0.6 is 0 Å². The number of rotatable bonds is 0. The molecule has 0 unspecified atom stereocenters. The fourth-order valence-electron chi connectivity index (χ4n) is 0.310. The molecule has 0 spiro atoms. The Bertz CT molecular complexity index is 178. The van der Waals surface area contributed by atoms with E-state index in [1.165, 1.54) is 18.6 Å². The summed E-state index contributed by atoms with van der Waals surface area (Å²) in [4.78, 5) is 16.1. The molecule has 0 amide bonds. The Hall–Kier alpha value is -1.20. The van der Waals surface area contributed by atoms with E-state index in [1.54, 1.807) is 0 Å². The molecule has 0 aromatic carbocycles. The van der Waals surface area contributed by atoms with Crippen LogP contribution in [0, 0.1) is 0 Å². The van der Waals surface area contributed by atoms with Crippen LogP contribution < -0.4 is 17.2 Å². The summed E-state index contributed by atoms with van der Waals surface area (Å²) in [7, 11) is 0. The molecule has 0 aliphatic heterocycles. The average Bonchev–Trinajstić information content (AvgIpc) is 1.94. The first-order valence-electron chi connectivity index (χ1n) is 2.21. The zero-order valence-corrected chi connectivity index (χ0v) is 4.74. The van der Waals surface area contributed by atoms with E-state index < -0.39 is 0 Å². The van der Waals surface area contributed by atoms with Crippen LogP contribution in [0.2, 0.25) is 0 Å². The molecule has 0 bridgehead atoms. The number of nitrogens with one attached hydrogen (secondary N) is 1. The largest absolute Gasteiger partial charge is 0.326 e. The fraction of sp³-hybridized carbons (Fsp3) is 0. The minimum atomic E-state index is -0.164. The van der Waals surface area contributed by atoms with Crippen molar-refractivity contribution in [2.75, 3.05) is 0 Å². The molecule has 0 fully saturated rings. The maximum absolute atomic E-state index is 10.2. The topological polar surface area (TPSA) is 97.8 Å². The highest BCUT2D eigenvalue weighted by atomic mass is 16.1. The van der Waals surface area contributed by atoms with E-state index in [4.69, 9.17) is 0 Å². The van der Waals surface area contributed by atoms with Gasteiger partial charge in [0.2, 0.25) is 0 Å². The van der Waals surface area contributed by atoms with Gasteiger partial charge in [-0.3, -0.25) is 21.5 Å². The van der Waals surface area contributed by atoms with Crippen molar-refractivity contribution in [3.05, 3.63) is 28.9 Å². The van der Waals surface area contributed by atoms with Crippen molar-refractivity contribution in [1.82, 2.24) is 9.97 Å². The van der Waals surface area contributed by atoms with E-state index in [9.17, 15) is 4.79 Å². The second-order valence-electron chi connectivity index (χ2n) is 1.10. The van der Waals surface area contributed by atoms with Gasteiger partial charge in [-0.05, 0) is 0 Å². The molecule has 9 heavy (non-hydrogen) atoms. The Morgan fingerprint density at radius 1 is 1.56 bits per heavy atom. The zero-order chi connectivity index (χ0) is 7.11. The molecule has 5 heteroatoms. The van der Waals surface area contributed by atoms with Gasteiger partial charge in [-0.1, -0.05) is 0 Å². The van der Waals surface area contributed by atoms with Crippen LogP contribution in [0.3, 0.4) is 0 Å².